The number of nitrogens with zero attached hydrogens (tertiary/aromatic N) is 1. The lowest BCUT2D eigenvalue weighted by Crippen LogP contribution is -2.38. The molecule has 1 aliphatic carbocycles. The molecule has 1 heterocycles. The zero-order chi connectivity index (χ0) is 13.2. The number of hydrogen-bond donors (Lipinski definition) is 0. The number of ether oxygens (including phenoxy) is 1. The van der Waals surface area contributed by atoms with Crippen LogP contribution in [0.25, 0.3) is 0 Å². The number of unbranched alkanes of at least 4 members (excludes halogenated alkanes) is 2. The highest BCUT2D eigenvalue weighted by molar-refractivity contribution is 5.82. The molecule has 0 aromatic carbocycles. The average Bonchev–Trinajstić information content (AvgIpc) is 3.01. The van der Waals surface area contributed by atoms with Crippen LogP contribution in [0.2, 0.25) is 0 Å². The molecular weight excluding hydrogens is 226 g/mol. The SMILES string of the molecule is CCCCCN(C[C@@H]1CC2(CC2)C(=O)O1)C(C)C. The summed E-state index contributed by atoms with van der Waals surface area (Å²) in [7, 11) is 0. The van der Waals surface area contributed by atoms with Crippen LogP contribution in [0.5, 0.6) is 0 Å². The number of carbonyl (C=O) groups excluding carboxylic acids is 1. The van der Waals surface area contributed by atoms with Crippen LogP contribution >= 0.6 is 0 Å². The maximum absolute atomic E-state index is 11.7. The number of cyclic esters (lactones) is 1. The van der Waals surface area contributed by atoms with Crippen LogP contribution in [0.15, 0.2) is 0 Å². The maximum Gasteiger partial charge on any atom is 0.312 e. The highest BCUT2D eigenvalue weighted by Gasteiger charge is 2.57. The molecule has 0 radical (unpaired) electrons. The van der Waals surface area contributed by atoms with Gasteiger partial charge in [-0.3, -0.25) is 9.69 Å². The largest absolute Gasteiger partial charge is 0.461 e. The molecule has 0 amide bonds. The fraction of sp³-hybridized carbons (Fsp3) is 0.933. The summed E-state index contributed by atoms with van der Waals surface area (Å²) < 4.78 is 5.55. The van der Waals surface area contributed by atoms with Gasteiger partial charge < -0.3 is 4.74 Å². The molecule has 0 aromatic heterocycles. The quantitative estimate of drug-likeness (QED) is 0.516. The second-order valence-electron chi connectivity index (χ2n) is 6.31. The lowest BCUT2D eigenvalue weighted by Gasteiger charge is -2.28. The third-order valence-corrected chi connectivity index (χ3v) is 4.40. The van der Waals surface area contributed by atoms with Gasteiger partial charge >= 0.3 is 5.97 Å². The van der Waals surface area contributed by atoms with E-state index in [1.807, 2.05) is 0 Å². The van der Waals surface area contributed by atoms with E-state index in [4.69, 9.17) is 4.74 Å². The second kappa shape index (κ2) is 5.60. The third-order valence-electron chi connectivity index (χ3n) is 4.40. The van der Waals surface area contributed by atoms with E-state index >= 15 is 0 Å². The van der Waals surface area contributed by atoms with Gasteiger partial charge in [0.05, 0.1) is 5.41 Å². The van der Waals surface area contributed by atoms with E-state index in [1.54, 1.807) is 0 Å². The number of hydrogen-bond acceptors (Lipinski definition) is 3. The zero-order valence-corrected chi connectivity index (χ0v) is 12.1. The average molecular weight is 253 g/mol. The lowest BCUT2D eigenvalue weighted by molar-refractivity contribution is -0.145. The monoisotopic (exact) mass is 253 g/mol. The summed E-state index contributed by atoms with van der Waals surface area (Å²) in [5, 5.41) is 0. The van der Waals surface area contributed by atoms with Crippen LogP contribution in [0, 0.1) is 5.41 Å². The molecule has 3 heteroatoms. The highest BCUT2D eigenvalue weighted by atomic mass is 16.6. The summed E-state index contributed by atoms with van der Waals surface area (Å²) in [4.78, 5) is 14.2. The third kappa shape index (κ3) is 3.05. The summed E-state index contributed by atoms with van der Waals surface area (Å²) >= 11 is 0. The Bertz CT molecular complexity index is 297. The van der Waals surface area contributed by atoms with Crippen LogP contribution in [0.1, 0.15) is 59.3 Å². The fourth-order valence-corrected chi connectivity index (χ4v) is 2.88. The molecule has 1 aliphatic heterocycles. The first-order chi connectivity index (χ1) is 8.57. The van der Waals surface area contributed by atoms with E-state index in [0.29, 0.717) is 6.04 Å². The van der Waals surface area contributed by atoms with Crippen molar-refractivity contribution in [2.75, 3.05) is 13.1 Å². The number of esters is 1. The Morgan fingerprint density at radius 3 is 2.61 bits per heavy atom. The van der Waals surface area contributed by atoms with Crippen LogP contribution in [0.4, 0.5) is 0 Å². The van der Waals surface area contributed by atoms with Gasteiger partial charge in [0, 0.05) is 19.0 Å². The van der Waals surface area contributed by atoms with Crippen molar-refractivity contribution in [2.24, 2.45) is 5.41 Å². The van der Waals surface area contributed by atoms with Gasteiger partial charge in [0.2, 0.25) is 0 Å². The molecule has 0 bridgehead atoms. The highest BCUT2D eigenvalue weighted by Crippen LogP contribution is 2.54. The topological polar surface area (TPSA) is 29.5 Å². The standard InChI is InChI=1S/C15H27NO2/c1-4-5-6-9-16(12(2)3)11-13-10-15(7-8-15)14(17)18-13/h12-13H,4-11H2,1-3H3/t13-/m0/s1. The number of carbonyl (C=O) groups is 1. The first-order valence-corrected chi connectivity index (χ1v) is 7.52. The van der Waals surface area contributed by atoms with Crippen molar-refractivity contribution in [3.8, 4) is 0 Å². The molecule has 0 unspecified atom stereocenters. The minimum absolute atomic E-state index is 0.0449. The molecule has 0 aromatic rings. The Hall–Kier alpha value is -0.570. The van der Waals surface area contributed by atoms with E-state index in [-0.39, 0.29) is 17.5 Å². The molecule has 0 N–H and O–H groups in total. The van der Waals surface area contributed by atoms with Crippen molar-refractivity contribution in [3.63, 3.8) is 0 Å². The molecule has 1 saturated heterocycles. The van der Waals surface area contributed by atoms with Gasteiger partial charge in [-0.1, -0.05) is 19.8 Å². The van der Waals surface area contributed by atoms with E-state index in [2.05, 4.69) is 25.7 Å². The summed E-state index contributed by atoms with van der Waals surface area (Å²) in [5.41, 5.74) is -0.0449. The van der Waals surface area contributed by atoms with Gasteiger partial charge in [-0.15, -0.1) is 0 Å². The van der Waals surface area contributed by atoms with Gasteiger partial charge in [-0.25, -0.2) is 0 Å². The predicted octanol–water partition coefficient (Wildman–Crippen LogP) is 2.98. The normalized spacial score (nSPS) is 25.2. The van der Waals surface area contributed by atoms with Gasteiger partial charge in [-0.2, -0.15) is 0 Å². The summed E-state index contributed by atoms with van der Waals surface area (Å²) in [6.07, 6.45) is 7.01. The molecule has 2 aliphatic rings. The Morgan fingerprint density at radius 1 is 1.39 bits per heavy atom. The zero-order valence-electron chi connectivity index (χ0n) is 12.1. The van der Waals surface area contributed by atoms with E-state index in [9.17, 15) is 4.79 Å². The van der Waals surface area contributed by atoms with Crippen molar-refractivity contribution in [1.29, 1.82) is 0 Å². The first kappa shape index (κ1) is 13.9. The minimum Gasteiger partial charge on any atom is -0.461 e. The van der Waals surface area contributed by atoms with Crippen molar-refractivity contribution in [3.05, 3.63) is 0 Å². The van der Waals surface area contributed by atoms with E-state index in [1.165, 1.54) is 19.3 Å². The van der Waals surface area contributed by atoms with Crippen LogP contribution < -0.4 is 0 Å². The molecule has 1 saturated carbocycles. The maximum atomic E-state index is 11.7. The molecule has 18 heavy (non-hydrogen) atoms. The minimum atomic E-state index is -0.0449. The Kier molecular flexibility index (Phi) is 4.31. The van der Waals surface area contributed by atoms with Gasteiger partial charge in [-0.05, 0) is 39.7 Å². The second-order valence-corrected chi connectivity index (χ2v) is 6.31. The van der Waals surface area contributed by atoms with Gasteiger partial charge in [0.15, 0.2) is 0 Å². The summed E-state index contributed by atoms with van der Waals surface area (Å²) in [6, 6.07) is 0.538. The molecule has 2 fully saturated rings. The Labute approximate surface area is 111 Å². The molecule has 3 nitrogen and oxygen atoms in total. The predicted molar refractivity (Wildman–Crippen MR) is 72.4 cm³/mol. The Balaban J connectivity index is 1.80. The smallest absolute Gasteiger partial charge is 0.312 e. The molecule has 1 spiro atoms. The first-order valence-electron chi connectivity index (χ1n) is 7.52. The summed E-state index contributed by atoms with van der Waals surface area (Å²) in [6.45, 7) is 8.75. The molecular formula is C15H27NO2. The van der Waals surface area contributed by atoms with Crippen LogP contribution in [-0.4, -0.2) is 36.1 Å². The fourth-order valence-electron chi connectivity index (χ4n) is 2.88. The van der Waals surface area contributed by atoms with Crippen molar-refractivity contribution in [1.82, 2.24) is 4.90 Å². The molecule has 2 rings (SSSR count). The molecule has 104 valence electrons. The van der Waals surface area contributed by atoms with Crippen LogP contribution in [-0.2, 0) is 9.53 Å². The lowest BCUT2D eigenvalue weighted by atomic mass is 10.0. The van der Waals surface area contributed by atoms with Crippen LogP contribution in [0.3, 0.4) is 0 Å². The van der Waals surface area contributed by atoms with Crippen molar-refractivity contribution < 1.29 is 9.53 Å². The van der Waals surface area contributed by atoms with Gasteiger partial charge in [0.1, 0.15) is 6.10 Å². The van der Waals surface area contributed by atoms with E-state index < -0.39 is 0 Å². The number of rotatable bonds is 7. The summed E-state index contributed by atoms with van der Waals surface area (Å²) in [5.74, 6) is 0.0739. The van der Waals surface area contributed by atoms with Crippen molar-refractivity contribution >= 4 is 5.97 Å². The molecule has 1 atom stereocenters. The van der Waals surface area contributed by atoms with Crippen molar-refractivity contribution in [2.45, 2.75) is 71.4 Å². The van der Waals surface area contributed by atoms with E-state index in [0.717, 1.165) is 32.4 Å². The van der Waals surface area contributed by atoms with Gasteiger partial charge in [0.25, 0.3) is 0 Å². The Morgan fingerprint density at radius 2 is 2.11 bits per heavy atom.